The van der Waals surface area contributed by atoms with E-state index in [1.807, 2.05) is 29.2 Å². The number of carbonyl (C=O) groups is 1. The third-order valence-electron chi connectivity index (χ3n) is 4.53. The molecule has 0 saturated carbocycles. The van der Waals surface area contributed by atoms with E-state index in [4.69, 9.17) is 9.26 Å². The van der Waals surface area contributed by atoms with Gasteiger partial charge in [-0.15, -0.1) is 0 Å². The highest BCUT2D eigenvalue weighted by atomic mass is 16.5. The quantitative estimate of drug-likeness (QED) is 0.865. The van der Waals surface area contributed by atoms with Crippen LogP contribution in [0, 0.1) is 0 Å². The molecule has 23 heavy (non-hydrogen) atoms. The summed E-state index contributed by atoms with van der Waals surface area (Å²) in [6.45, 7) is 4.18. The second-order valence-corrected chi connectivity index (χ2v) is 6.12. The monoisotopic (exact) mass is 314 g/mol. The maximum Gasteiger partial charge on any atom is 0.276 e. The summed E-state index contributed by atoms with van der Waals surface area (Å²) >= 11 is 0. The third-order valence-corrected chi connectivity index (χ3v) is 4.53. The lowest BCUT2D eigenvalue weighted by Gasteiger charge is -2.38. The van der Waals surface area contributed by atoms with Crippen LogP contribution in [0.15, 0.2) is 34.9 Å². The number of hydrogen-bond acceptors (Lipinski definition) is 4. The molecule has 2 heterocycles. The number of rotatable bonds is 3. The zero-order valence-electron chi connectivity index (χ0n) is 13.8. The molecule has 1 fully saturated rings. The number of likely N-dealkylation sites (tertiary alicyclic amines) is 1. The molecule has 1 aromatic heterocycles. The smallest absolute Gasteiger partial charge is 0.276 e. The maximum atomic E-state index is 12.8. The Morgan fingerprint density at radius 2 is 1.96 bits per heavy atom. The van der Waals surface area contributed by atoms with Gasteiger partial charge in [-0.25, -0.2) is 0 Å². The SMILES string of the molecule is COc1ccccc1-c1cc(C(=O)N2[C@H](C)CCC[C@@H]2C)no1. The Bertz CT molecular complexity index is 685. The molecular weight excluding hydrogens is 292 g/mol. The topological polar surface area (TPSA) is 55.6 Å². The van der Waals surface area contributed by atoms with Crippen LogP contribution in [0.25, 0.3) is 11.3 Å². The summed E-state index contributed by atoms with van der Waals surface area (Å²) in [7, 11) is 1.61. The molecule has 2 atom stereocenters. The van der Waals surface area contributed by atoms with E-state index in [9.17, 15) is 4.79 Å². The second kappa shape index (κ2) is 6.44. The fourth-order valence-electron chi connectivity index (χ4n) is 3.31. The fraction of sp³-hybridized carbons (Fsp3) is 0.444. The molecule has 5 nitrogen and oxygen atoms in total. The van der Waals surface area contributed by atoms with Gasteiger partial charge in [0.05, 0.1) is 12.7 Å². The van der Waals surface area contributed by atoms with Gasteiger partial charge < -0.3 is 14.2 Å². The summed E-state index contributed by atoms with van der Waals surface area (Å²) < 4.78 is 10.7. The van der Waals surface area contributed by atoms with E-state index in [0.29, 0.717) is 17.2 Å². The number of amides is 1. The van der Waals surface area contributed by atoms with Crippen LogP contribution in [0.5, 0.6) is 5.75 Å². The normalized spacial score (nSPS) is 21.3. The van der Waals surface area contributed by atoms with E-state index in [-0.39, 0.29) is 18.0 Å². The zero-order valence-corrected chi connectivity index (χ0v) is 13.8. The van der Waals surface area contributed by atoms with Crippen molar-refractivity contribution >= 4 is 5.91 Å². The van der Waals surface area contributed by atoms with Gasteiger partial charge in [-0.3, -0.25) is 4.79 Å². The van der Waals surface area contributed by atoms with Crippen LogP contribution in [0.4, 0.5) is 0 Å². The van der Waals surface area contributed by atoms with E-state index in [1.54, 1.807) is 13.2 Å². The number of hydrogen-bond donors (Lipinski definition) is 0. The van der Waals surface area contributed by atoms with Crippen LogP contribution >= 0.6 is 0 Å². The molecule has 0 radical (unpaired) electrons. The summed E-state index contributed by atoms with van der Waals surface area (Å²) in [6, 6.07) is 9.70. The van der Waals surface area contributed by atoms with Crippen LogP contribution in [0.3, 0.4) is 0 Å². The van der Waals surface area contributed by atoms with Crippen molar-refractivity contribution < 1.29 is 14.1 Å². The minimum Gasteiger partial charge on any atom is -0.496 e. The molecule has 1 amide bonds. The highest BCUT2D eigenvalue weighted by Crippen LogP contribution is 2.31. The highest BCUT2D eigenvalue weighted by Gasteiger charge is 2.31. The van der Waals surface area contributed by atoms with Crippen LogP contribution in [-0.4, -0.2) is 35.2 Å². The Morgan fingerprint density at radius 1 is 1.26 bits per heavy atom. The van der Waals surface area contributed by atoms with Crippen molar-refractivity contribution in [3.8, 4) is 17.1 Å². The molecule has 0 aliphatic carbocycles. The molecule has 5 heteroatoms. The van der Waals surface area contributed by atoms with Gasteiger partial charge in [-0.1, -0.05) is 17.3 Å². The van der Waals surface area contributed by atoms with Gasteiger partial charge in [0.2, 0.25) is 0 Å². The first-order valence-electron chi connectivity index (χ1n) is 8.04. The van der Waals surface area contributed by atoms with Crippen molar-refractivity contribution in [2.75, 3.05) is 7.11 Å². The van der Waals surface area contributed by atoms with E-state index in [0.717, 1.165) is 24.8 Å². The molecule has 0 spiro atoms. The number of methoxy groups -OCH3 is 1. The molecular formula is C18H22N2O3. The first kappa shape index (κ1) is 15.6. The number of carbonyl (C=O) groups excluding carboxylic acids is 1. The van der Waals surface area contributed by atoms with Crippen molar-refractivity contribution in [1.82, 2.24) is 10.1 Å². The molecule has 0 unspecified atom stereocenters. The lowest BCUT2D eigenvalue weighted by atomic mass is 9.97. The molecule has 1 aromatic carbocycles. The molecule has 0 N–H and O–H groups in total. The van der Waals surface area contributed by atoms with Crippen molar-refractivity contribution in [2.45, 2.75) is 45.2 Å². The molecule has 2 aromatic rings. The lowest BCUT2D eigenvalue weighted by molar-refractivity contribution is 0.0500. The lowest BCUT2D eigenvalue weighted by Crippen LogP contribution is -2.47. The number of ether oxygens (including phenoxy) is 1. The third kappa shape index (κ3) is 2.96. The van der Waals surface area contributed by atoms with Gasteiger partial charge in [0.15, 0.2) is 11.5 Å². The van der Waals surface area contributed by atoms with Crippen molar-refractivity contribution in [3.63, 3.8) is 0 Å². The Hall–Kier alpha value is -2.30. The number of nitrogens with zero attached hydrogens (tertiary/aromatic N) is 2. The molecule has 122 valence electrons. The van der Waals surface area contributed by atoms with Crippen molar-refractivity contribution in [2.24, 2.45) is 0 Å². The summed E-state index contributed by atoms with van der Waals surface area (Å²) in [5.74, 6) is 1.18. The minimum absolute atomic E-state index is 0.0606. The van der Waals surface area contributed by atoms with E-state index < -0.39 is 0 Å². The predicted octanol–water partition coefficient (Wildman–Crippen LogP) is 3.75. The Kier molecular flexibility index (Phi) is 4.37. The minimum atomic E-state index is -0.0606. The van der Waals surface area contributed by atoms with Crippen molar-refractivity contribution in [1.29, 1.82) is 0 Å². The standard InChI is InChI=1S/C18H22N2O3/c1-12-7-6-8-13(2)20(12)18(21)15-11-17(23-19-15)14-9-4-5-10-16(14)22-3/h4-5,9-13H,6-8H2,1-3H3/t12-,13+. The number of para-hydroxylation sites is 1. The summed E-state index contributed by atoms with van der Waals surface area (Å²) in [4.78, 5) is 14.7. The van der Waals surface area contributed by atoms with E-state index in [1.165, 1.54) is 0 Å². The second-order valence-electron chi connectivity index (χ2n) is 6.12. The summed E-state index contributed by atoms with van der Waals surface area (Å²) in [5.41, 5.74) is 1.15. The largest absolute Gasteiger partial charge is 0.496 e. The summed E-state index contributed by atoms with van der Waals surface area (Å²) in [6.07, 6.45) is 3.23. The molecule has 0 bridgehead atoms. The Balaban J connectivity index is 1.88. The van der Waals surface area contributed by atoms with Gasteiger partial charge in [0.1, 0.15) is 5.75 Å². The van der Waals surface area contributed by atoms with E-state index in [2.05, 4.69) is 19.0 Å². The summed E-state index contributed by atoms with van der Waals surface area (Å²) in [5, 5.41) is 3.99. The van der Waals surface area contributed by atoms with Crippen LogP contribution in [0.1, 0.15) is 43.6 Å². The first-order valence-corrected chi connectivity index (χ1v) is 8.04. The van der Waals surface area contributed by atoms with Gasteiger partial charge in [0.25, 0.3) is 5.91 Å². The average molecular weight is 314 g/mol. The van der Waals surface area contributed by atoms with Crippen LogP contribution < -0.4 is 4.74 Å². The van der Waals surface area contributed by atoms with Gasteiger partial charge >= 0.3 is 0 Å². The van der Waals surface area contributed by atoms with Gasteiger partial charge in [0, 0.05) is 18.2 Å². The Labute approximate surface area is 136 Å². The van der Waals surface area contributed by atoms with Crippen LogP contribution in [-0.2, 0) is 0 Å². The number of benzene rings is 1. The number of aromatic nitrogens is 1. The molecule has 3 rings (SSSR count). The fourth-order valence-corrected chi connectivity index (χ4v) is 3.31. The molecule has 1 aliphatic heterocycles. The average Bonchev–Trinajstić information content (AvgIpc) is 3.04. The zero-order chi connectivity index (χ0) is 16.4. The van der Waals surface area contributed by atoms with Gasteiger partial charge in [-0.2, -0.15) is 0 Å². The molecule has 1 aliphatic rings. The highest BCUT2D eigenvalue weighted by molar-refractivity contribution is 5.93. The van der Waals surface area contributed by atoms with E-state index >= 15 is 0 Å². The maximum absolute atomic E-state index is 12.8. The predicted molar refractivity (Wildman–Crippen MR) is 87.4 cm³/mol. The van der Waals surface area contributed by atoms with Gasteiger partial charge in [-0.05, 0) is 45.2 Å². The molecule has 1 saturated heterocycles. The van der Waals surface area contributed by atoms with Crippen LogP contribution in [0.2, 0.25) is 0 Å². The Morgan fingerprint density at radius 3 is 2.65 bits per heavy atom. The first-order chi connectivity index (χ1) is 11.1. The van der Waals surface area contributed by atoms with Crippen molar-refractivity contribution in [3.05, 3.63) is 36.0 Å². The number of piperidine rings is 1.